The highest BCUT2D eigenvalue weighted by Gasteiger charge is 2.19. The van der Waals surface area contributed by atoms with Crippen molar-refractivity contribution in [1.29, 1.82) is 0 Å². The first kappa shape index (κ1) is 19.4. The molecule has 1 aromatic heterocycles. The lowest BCUT2D eigenvalue weighted by atomic mass is 10.2. The van der Waals surface area contributed by atoms with Crippen molar-refractivity contribution in [3.05, 3.63) is 95.3 Å². The number of halogens is 1. The number of nitrogens with one attached hydrogen (secondary N) is 1. The SMILES string of the molecule is NC(=O)c1ccc(NC(=O)c2nc(-c3ccccc3)n(-c3ccccc3)n2)cc1Cl. The van der Waals surface area contributed by atoms with Crippen LogP contribution in [0.4, 0.5) is 5.69 Å². The number of nitrogens with zero attached hydrogens (tertiary/aromatic N) is 3. The van der Waals surface area contributed by atoms with Gasteiger partial charge in [0.2, 0.25) is 11.7 Å². The molecule has 2 amide bonds. The number of hydrogen-bond donors (Lipinski definition) is 2. The fraction of sp³-hybridized carbons (Fsp3) is 0. The van der Waals surface area contributed by atoms with Crippen molar-refractivity contribution < 1.29 is 9.59 Å². The van der Waals surface area contributed by atoms with E-state index in [1.807, 2.05) is 60.7 Å². The summed E-state index contributed by atoms with van der Waals surface area (Å²) in [5.41, 5.74) is 7.42. The van der Waals surface area contributed by atoms with Gasteiger partial charge < -0.3 is 11.1 Å². The van der Waals surface area contributed by atoms with Gasteiger partial charge in [0, 0.05) is 11.3 Å². The summed E-state index contributed by atoms with van der Waals surface area (Å²) in [5.74, 6) is -0.625. The van der Waals surface area contributed by atoms with E-state index < -0.39 is 11.8 Å². The van der Waals surface area contributed by atoms with Gasteiger partial charge in [0.1, 0.15) is 0 Å². The Labute approximate surface area is 177 Å². The largest absolute Gasteiger partial charge is 0.366 e. The lowest BCUT2D eigenvalue weighted by Crippen LogP contribution is -2.15. The topological polar surface area (TPSA) is 103 Å². The summed E-state index contributed by atoms with van der Waals surface area (Å²) < 4.78 is 1.62. The van der Waals surface area contributed by atoms with E-state index in [2.05, 4.69) is 15.4 Å². The van der Waals surface area contributed by atoms with E-state index in [1.165, 1.54) is 18.2 Å². The molecule has 0 fully saturated rings. The number of rotatable bonds is 5. The molecule has 0 radical (unpaired) electrons. The number of aromatic nitrogens is 3. The Hall–Kier alpha value is -3.97. The third kappa shape index (κ3) is 3.92. The Kier molecular flexibility index (Phi) is 5.28. The molecule has 0 bridgehead atoms. The monoisotopic (exact) mass is 417 g/mol. The summed E-state index contributed by atoms with van der Waals surface area (Å²) in [4.78, 5) is 28.6. The van der Waals surface area contributed by atoms with Crippen molar-refractivity contribution in [2.75, 3.05) is 5.32 Å². The Balaban J connectivity index is 1.69. The molecule has 0 aliphatic heterocycles. The van der Waals surface area contributed by atoms with Gasteiger partial charge >= 0.3 is 0 Å². The summed E-state index contributed by atoms with van der Waals surface area (Å²) in [7, 11) is 0. The number of anilines is 1. The first-order valence-electron chi connectivity index (χ1n) is 9.01. The number of hydrogen-bond acceptors (Lipinski definition) is 4. The number of benzene rings is 3. The van der Waals surface area contributed by atoms with E-state index in [1.54, 1.807) is 4.68 Å². The van der Waals surface area contributed by atoms with Crippen LogP contribution in [0.5, 0.6) is 0 Å². The molecule has 0 saturated carbocycles. The van der Waals surface area contributed by atoms with Gasteiger partial charge in [0.25, 0.3) is 5.91 Å². The van der Waals surface area contributed by atoms with Crippen LogP contribution in [0.1, 0.15) is 21.0 Å². The second-order valence-corrected chi connectivity index (χ2v) is 6.79. The van der Waals surface area contributed by atoms with Crippen LogP contribution in [0.25, 0.3) is 17.1 Å². The molecule has 30 heavy (non-hydrogen) atoms. The number of primary amides is 1. The first-order chi connectivity index (χ1) is 14.5. The van der Waals surface area contributed by atoms with E-state index in [0.717, 1.165) is 11.3 Å². The first-order valence-corrected chi connectivity index (χ1v) is 9.39. The molecule has 0 atom stereocenters. The maximum atomic E-state index is 12.8. The van der Waals surface area contributed by atoms with E-state index in [0.29, 0.717) is 11.5 Å². The number of carbonyl (C=O) groups excluding carboxylic acids is 2. The second-order valence-electron chi connectivity index (χ2n) is 6.39. The zero-order valence-corrected chi connectivity index (χ0v) is 16.4. The van der Waals surface area contributed by atoms with E-state index >= 15 is 0 Å². The highest BCUT2D eigenvalue weighted by molar-refractivity contribution is 6.34. The molecular weight excluding hydrogens is 402 g/mol. The predicted octanol–water partition coefficient (Wildman–Crippen LogP) is 3.94. The van der Waals surface area contributed by atoms with Crippen molar-refractivity contribution in [3.8, 4) is 17.1 Å². The van der Waals surface area contributed by atoms with Crippen molar-refractivity contribution in [2.24, 2.45) is 5.73 Å². The molecule has 0 saturated heterocycles. The molecule has 3 N–H and O–H groups in total. The summed E-state index contributed by atoms with van der Waals surface area (Å²) in [6.45, 7) is 0. The average molecular weight is 418 g/mol. The molecule has 0 spiro atoms. The molecule has 0 aliphatic carbocycles. The van der Waals surface area contributed by atoms with Gasteiger partial charge in [-0.05, 0) is 30.3 Å². The summed E-state index contributed by atoms with van der Waals surface area (Å²) in [5, 5.41) is 7.25. The molecular formula is C22H16ClN5O2. The zero-order chi connectivity index (χ0) is 21.1. The molecule has 7 nitrogen and oxygen atoms in total. The smallest absolute Gasteiger partial charge is 0.295 e. The van der Waals surface area contributed by atoms with Gasteiger partial charge in [-0.3, -0.25) is 9.59 Å². The van der Waals surface area contributed by atoms with Gasteiger partial charge in [0.05, 0.1) is 16.3 Å². The van der Waals surface area contributed by atoms with E-state index in [-0.39, 0.29) is 16.4 Å². The lowest BCUT2D eigenvalue weighted by Gasteiger charge is -2.05. The number of para-hydroxylation sites is 1. The fourth-order valence-electron chi connectivity index (χ4n) is 2.91. The molecule has 0 aliphatic rings. The molecule has 4 rings (SSSR count). The minimum absolute atomic E-state index is 0.00666. The van der Waals surface area contributed by atoms with Crippen molar-refractivity contribution in [2.45, 2.75) is 0 Å². The zero-order valence-electron chi connectivity index (χ0n) is 15.6. The van der Waals surface area contributed by atoms with Crippen LogP contribution < -0.4 is 11.1 Å². The average Bonchev–Trinajstić information content (AvgIpc) is 3.20. The van der Waals surface area contributed by atoms with Gasteiger partial charge in [0.15, 0.2) is 5.82 Å². The summed E-state index contributed by atoms with van der Waals surface area (Å²) >= 11 is 6.06. The normalized spacial score (nSPS) is 10.6. The molecule has 4 aromatic rings. The van der Waals surface area contributed by atoms with Crippen LogP contribution in [-0.2, 0) is 0 Å². The number of carbonyl (C=O) groups is 2. The summed E-state index contributed by atoms with van der Waals surface area (Å²) in [6, 6.07) is 23.3. The minimum Gasteiger partial charge on any atom is -0.366 e. The van der Waals surface area contributed by atoms with Crippen LogP contribution in [0.15, 0.2) is 78.9 Å². The fourth-order valence-corrected chi connectivity index (χ4v) is 3.18. The highest BCUT2D eigenvalue weighted by atomic mass is 35.5. The number of amides is 2. The van der Waals surface area contributed by atoms with E-state index in [9.17, 15) is 9.59 Å². The van der Waals surface area contributed by atoms with E-state index in [4.69, 9.17) is 17.3 Å². The molecule has 1 heterocycles. The van der Waals surface area contributed by atoms with Gasteiger partial charge in [-0.25, -0.2) is 9.67 Å². The minimum atomic E-state index is -0.645. The Bertz CT molecular complexity index is 1170. The van der Waals surface area contributed by atoms with Gasteiger partial charge in [-0.1, -0.05) is 60.1 Å². The van der Waals surface area contributed by atoms with Crippen molar-refractivity contribution in [1.82, 2.24) is 14.8 Å². The third-order valence-corrected chi connectivity index (χ3v) is 4.65. The quantitative estimate of drug-likeness (QED) is 0.513. The van der Waals surface area contributed by atoms with Crippen LogP contribution in [0.2, 0.25) is 5.02 Å². The molecule has 3 aromatic carbocycles. The van der Waals surface area contributed by atoms with Crippen molar-refractivity contribution in [3.63, 3.8) is 0 Å². The number of nitrogens with two attached hydrogens (primary N) is 1. The third-order valence-electron chi connectivity index (χ3n) is 4.34. The maximum absolute atomic E-state index is 12.8. The van der Waals surface area contributed by atoms with Crippen LogP contribution >= 0.6 is 11.6 Å². The highest BCUT2D eigenvalue weighted by Crippen LogP contribution is 2.23. The standard InChI is InChI=1S/C22H16ClN5O2/c23-18-13-15(11-12-17(18)19(24)29)25-22(30)20-26-21(14-7-3-1-4-8-14)28(27-20)16-9-5-2-6-10-16/h1-13H,(H2,24,29)(H,25,30). The Morgan fingerprint density at radius 3 is 2.23 bits per heavy atom. The van der Waals surface area contributed by atoms with Crippen LogP contribution in [0, 0.1) is 0 Å². The predicted molar refractivity (Wildman–Crippen MR) is 115 cm³/mol. The second kappa shape index (κ2) is 8.18. The molecule has 8 heteroatoms. The maximum Gasteiger partial charge on any atom is 0.295 e. The van der Waals surface area contributed by atoms with Crippen LogP contribution in [0.3, 0.4) is 0 Å². The van der Waals surface area contributed by atoms with Gasteiger partial charge in [-0.2, -0.15) is 0 Å². The Morgan fingerprint density at radius 1 is 0.933 bits per heavy atom. The van der Waals surface area contributed by atoms with Crippen LogP contribution in [-0.4, -0.2) is 26.6 Å². The Morgan fingerprint density at radius 2 is 1.60 bits per heavy atom. The summed E-state index contributed by atoms with van der Waals surface area (Å²) in [6.07, 6.45) is 0. The van der Waals surface area contributed by atoms with Gasteiger partial charge in [-0.15, -0.1) is 5.10 Å². The van der Waals surface area contributed by atoms with Crippen molar-refractivity contribution >= 4 is 29.1 Å². The molecule has 0 unspecified atom stereocenters. The lowest BCUT2D eigenvalue weighted by molar-refractivity contribution is 0.0997. The molecule has 148 valence electrons.